The van der Waals surface area contributed by atoms with Crippen molar-refractivity contribution in [1.29, 1.82) is 0 Å². The van der Waals surface area contributed by atoms with Crippen LogP contribution in [-0.4, -0.2) is 42.9 Å². The van der Waals surface area contributed by atoms with Crippen LogP contribution >= 0.6 is 0 Å². The lowest BCUT2D eigenvalue weighted by atomic mass is 9.74. The highest BCUT2D eigenvalue weighted by atomic mass is 16.2. The van der Waals surface area contributed by atoms with Crippen molar-refractivity contribution in [1.82, 2.24) is 10.2 Å². The van der Waals surface area contributed by atoms with Gasteiger partial charge in [0, 0.05) is 13.1 Å². The first-order chi connectivity index (χ1) is 9.43. The van der Waals surface area contributed by atoms with E-state index in [4.69, 9.17) is 5.73 Å². The van der Waals surface area contributed by atoms with E-state index < -0.39 is 5.41 Å². The summed E-state index contributed by atoms with van der Waals surface area (Å²) in [7, 11) is 0. The number of carbonyl (C=O) groups excluding carboxylic acids is 2. The largest absolute Gasteiger partial charge is 0.369 e. The van der Waals surface area contributed by atoms with Gasteiger partial charge in [0.1, 0.15) is 0 Å². The summed E-state index contributed by atoms with van der Waals surface area (Å²) in [5, 5.41) is 3.33. The molecule has 20 heavy (non-hydrogen) atoms. The third-order valence-corrected chi connectivity index (χ3v) is 5.10. The Morgan fingerprint density at radius 3 is 2.40 bits per heavy atom. The van der Waals surface area contributed by atoms with Gasteiger partial charge in [0.2, 0.25) is 11.8 Å². The molecule has 2 saturated heterocycles. The molecule has 2 heterocycles. The summed E-state index contributed by atoms with van der Waals surface area (Å²) in [5.74, 6) is -0.0477. The molecule has 2 aliphatic heterocycles. The van der Waals surface area contributed by atoms with Crippen LogP contribution in [0, 0.1) is 10.8 Å². The van der Waals surface area contributed by atoms with Gasteiger partial charge in [0.15, 0.2) is 0 Å². The Bertz CT molecular complexity index is 385. The summed E-state index contributed by atoms with van der Waals surface area (Å²) in [6, 6.07) is 0. The highest BCUT2D eigenvalue weighted by Gasteiger charge is 2.47. The second-order valence-electron chi connectivity index (χ2n) is 6.68. The highest BCUT2D eigenvalue weighted by molar-refractivity contribution is 5.86. The van der Waals surface area contributed by atoms with Crippen molar-refractivity contribution in [2.45, 2.75) is 46.0 Å². The molecule has 0 aromatic heterocycles. The summed E-state index contributed by atoms with van der Waals surface area (Å²) in [6.07, 6.45) is 4.46. The molecule has 0 bridgehead atoms. The Morgan fingerprint density at radius 2 is 1.90 bits per heavy atom. The van der Waals surface area contributed by atoms with Crippen LogP contribution in [0.15, 0.2) is 0 Å². The summed E-state index contributed by atoms with van der Waals surface area (Å²) in [5.41, 5.74) is 4.71. The van der Waals surface area contributed by atoms with Crippen molar-refractivity contribution in [2.24, 2.45) is 16.6 Å². The van der Waals surface area contributed by atoms with Crippen molar-refractivity contribution in [3.05, 3.63) is 0 Å². The maximum Gasteiger partial charge on any atom is 0.228 e. The van der Waals surface area contributed by atoms with E-state index in [0.29, 0.717) is 19.5 Å². The number of amides is 2. The fourth-order valence-electron chi connectivity index (χ4n) is 3.63. The van der Waals surface area contributed by atoms with Gasteiger partial charge in [-0.2, -0.15) is 0 Å². The standard InChI is InChI=1S/C15H27N3O2/c1-3-4-15(5-8-17-9-6-15)13(20)18-10-7-14(2,11-18)12(16)19/h17H,3-11H2,1-2H3,(H2,16,19). The lowest BCUT2D eigenvalue weighted by molar-refractivity contribution is -0.144. The first kappa shape index (κ1) is 15.3. The number of hydrogen-bond donors (Lipinski definition) is 2. The number of nitrogens with zero attached hydrogens (tertiary/aromatic N) is 1. The molecule has 2 aliphatic rings. The van der Waals surface area contributed by atoms with E-state index in [1.165, 1.54) is 0 Å². The summed E-state index contributed by atoms with van der Waals surface area (Å²) < 4.78 is 0. The van der Waals surface area contributed by atoms with E-state index >= 15 is 0 Å². The zero-order chi connectivity index (χ0) is 14.8. The fourth-order valence-corrected chi connectivity index (χ4v) is 3.63. The van der Waals surface area contributed by atoms with Crippen molar-refractivity contribution >= 4 is 11.8 Å². The molecule has 0 radical (unpaired) electrons. The van der Waals surface area contributed by atoms with Gasteiger partial charge in [-0.25, -0.2) is 0 Å². The molecular weight excluding hydrogens is 254 g/mol. The van der Waals surface area contributed by atoms with Crippen LogP contribution in [0.5, 0.6) is 0 Å². The van der Waals surface area contributed by atoms with Crippen LogP contribution in [0.2, 0.25) is 0 Å². The Morgan fingerprint density at radius 1 is 1.25 bits per heavy atom. The predicted octanol–water partition coefficient (Wildman–Crippen LogP) is 0.880. The van der Waals surface area contributed by atoms with Gasteiger partial charge in [-0.3, -0.25) is 9.59 Å². The van der Waals surface area contributed by atoms with E-state index in [9.17, 15) is 9.59 Å². The number of nitrogens with one attached hydrogen (secondary N) is 1. The molecule has 5 nitrogen and oxygen atoms in total. The number of nitrogens with two attached hydrogens (primary N) is 1. The van der Waals surface area contributed by atoms with Gasteiger partial charge in [-0.05, 0) is 45.7 Å². The molecule has 1 atom stereocenters. The lowest BCUT2D eigenvalue weighted by Crippen LogP contribution is -2.49. The summed E-state index contributed by atoms with van der Waals surface area (Å²) in [6.45, 7) is 6.97. The topological polar surface area (TPSA) is 75.4 Å². The molecule has 2 rings (SSSR count). The normalized spacial score (nSPS) is 29.4. The average molecular weight is 281 g/mol. The van der Waals surface area contributed by atoms with Crippen LogP contribution in [-0.2, 0) is 9.59 Å². The Kier molecular flexibility index (Phi) is 4.37. The van der Waals surface area contributed by atoms with Crippen molar-refractivity contribution in [3.8, 4) is 0 Å². The van der Waals surface area contributed by atoms with Crippen molar-refractivity contribution < 1.29 is 9.59 Å². The quantitative estimate of drug-likeness (QED) is 0.803. The lowest BCUT2D eigenvalue weighted by Gasteiger charge is -2.39. The average Bonchev–Trinajstić information content (AvgIpc) is 2.83. The van der Waals surface area contributed by atoms with E-state index in [0.717, 1.165) is 38.8 Å². The number of primary amides is 1. The Hall–Kier alpha value is -1.10. The number of hydrogen-bond acceptors (Lipinski definition) is 3. The molecule has 2 amide bonds. The van der Waals surface area contributed by atoms with E-state index in [1.54, 1.807) is 0 Å². The predicted molar refractivity (Wildman–Crippen MR) is 77.9 cm³/mol. The minimum Gasteiger partial charge on any atom is -0.369 e. The van der Waals surface area contributed by atoms with Gasteiger partial charge < -0.3 is 16.0 Å². The maximum absolute atomic E-state index is 13.0. The summed E-state index contributed by atoms with van der Waals surface area (Å²) in [4.78, 5) is 26.4. The van der Waals surface area contributed by atoms with Gasteiger partial charge in [-0.15, -0.1) is 0 Å². The SMILES string of the molecule is CCCC1(C(=O)N2CCC(C)(C(N)=O)C2)CCNCC1. The Labute approximate surface area is 121 Å². The number of piperidine rings is 1. The van der Waals surface area contributed by atoms with Crippen LogP contribution in [0.25, 0.3) is 0 Å². The molecular formula is C15H27N3O2. The molecule has 0 aromatic carbocycles. The minimum atomic E-state index is -0.546. The van der Waals surface area contributed by atoms with Crippen molar-refractivity contribution in [2.75, 3.05) is 26.2 Å². The fraction of sp³-hybridized carbons (Fsp3) is 0.867. The van der Waals surface area contributed by atoms with E-state index in [2.05, 4.69) is 12.2 Å². The second kappa shape index (κ2) is 5.72. The van der Waals surface area contributed by atoms with Crippen LogP contribution in [0.3, 0.4) is 0 Å². The van der Waals surface area contributed by atoms with Gasteiger partial charge >= 0.3 is 0 Å². The molecule has 5 heteroatoms. The second-order valence-corrected chi connectivity index (χ2v) is 6.68. The Balaban J connectivity index is 2.11. The first-order valence-corrected chi connectivity index (χ1v) is 7.73. The molecule has 0 aromatic rings. The molecule has 0 spiro atoms. The molecule has 0 aliphatic carbocycles. The van der Waals surface area contributed by atoms with Gasteiger partial charge in [0.05, 0.1) is 10.8 Å². The monoisotopic (exact) mass is 281 g/mol. The zero-order valence-electron chi connectivity index (χ0n) is 12.7. The smallest absolute Gasteiger partial charge is 0.228 e. The van der Waals surface area contributed by atoms with Crippen LogP contribution in [0.4, 0.5) is 0 Å². The molecule has 114 valence electrons. The molecule has 0 saturated carbocycles. The van der Waals surface area contributed by atoms with E-state index in [-0.39, 0.29) is 17.2 Å². The number of rotatable bonds is 4. The minimum absolute atomic E-state index is 0.219. The van der Waals surface area contributed by atoms with Gasteiger partial charge in [0.25, 0.3) is 0 Å². The van der Waals surface area contributed by atoms with Crippen LogP contribution < -0.4 is 11.1 Å². The number of likely N-dealkylation sites (tertiary alicyclic amines) is 1. The maximum atomic E-state index is 13.0. The van der Waals surface area contributed by atoms with Crippen molar-refractivity contribution in [3.63, 3.8) is 0 Å². The van der Waals surface area contributed by atoms with E-state index in [1.807, 2.05) is 11.8 Å². The molecule has 2 fully saturated rings. The van der Waals surface area contributed by atoms with Crippen LogP contribution in [0.1, 0.15) is 46.0 Å². The molecule has 3 N–H and O–H groups in total. The first-order valence-electron chi connectivity index (χ1n) is 7.73. The summed E-state index contributed by atoms with van der Waals surface area (Å²) >= 11 is 0. The number of carbonyl (C=O) groups is 2. The zero-order valence-corrected chi connectivity index (χ0v) is 12.7. The third-order valence-electron chi connectivity index (χ3n) is 5.10. The molecule has 1 unspecified atom stereocenters. The third kappa shape index (κ3) is 2.68. The highest BCUT2D eigenvalue weighted by Crippen LogP contribution is 2.39. The van der Waals surface area contributed by atoms with Gasteiger partial charge in [-0.1, -0.05) is 13.3 Å².